The smallest absolute Gasteiger partial charge is 0.136 e. The molecule has 0 fully saturated rings. The van der Waals surface area contributed by atoms with Crippen molar-refractivity contribution < 1.29 is 9.90 Å². The van der Waals surface area contributed by atoms with Gasteiger partial charge < -0.3 is 5.11 Å². The van der Waals surface area contributed by atoms with Crippen molar-refractivity contribution in [2.45, 2.75) is 39.2 Å². The summed E-state index contributed by atoms with van der Waals surface area (Å²) >= 11 is 0. The molecule has 2 nitrogen and oxygen atoms in total. The zero-order valence-electron chi connectivity index (χ0n) is 9.21. The molecular weight excluding hydrogens is 188 g/mol. The van der Waals surface area contributed by atoms with Gasteiger partial charge in [0.25, 0.3) is 0 Å². The molecule has 0 aliphatic rings. The van der Waals surface area contributed by atoms with Crippen LogP contribution in [0.4, 0.5) is 0 Å². The molecule has 0 aromatic carbocycles. The van der Waals surface area contributed by atoms with E-state index in [1.165, 1.54) is 0 Å². The van der Waals surface area contributed by atoms with Crippen LogP contribution < -0.4 is 0 Å². The summed E-state index contributed by atoms with van der Waals surface area (Å²) in [6.07, 6.45) is 4.00. The maximum Gasteiger partial charge on any atom is 0.136 e. The van der Waals surface area contributed by atoms with Gasteiger partial charge in [-0.3, -0.25) is 4.79 Å². The van der Waals surface area contributed by atoms with Crippen LogP contribution in [0.3, 0.4) is 0 Å². The maximum absolute atomic E-state index is 11.1. The van der Waals surface area contributed by atoms with E-state index >= 15 is 0 Å². The van der Waals surface area contributed by atoms with E-state index in [9.17, 15) is 9.90 Å². The highest BCUT2D eigenvalue weighted by molar-refractivity contribution is 5.79. The Balaban J connectivity index is 3.98. The molecule has 1 atom stereocenters. The van der Waals surface area contributed by atoms with Crippen LogP contribution in [-0.2, 0) is 4.79 Å². The Bertz CT molecular complexity index is 331. The van der Waals surface area contributed by atoms with Gasteiger partial charge in [-0.2, -0.15) is 0 Å². The molecule has 0 aliphatic heterocycles. The van der Waals surface area contributed by atoms with Gasteiger partial charge in [0, 0.05) is 12.8 Å². The Kier molecular flexibility index (Phi) is 8.15. The lowest BCUT2D eigenvalue weighted by Gasteiger charge is -1.99. The van der Waals surface area contributed by atoms with Gasteiger partial charge in [0.1, 0.15) is 11.9 Å². The Labute approximate surface area is 91.4 Å². The van der Waals surface area contributed by atoms with Crippen LogP contribution in [0.15, 0.2) is 12.2 Å². The number of carbonyl (C=O) groups excluding carboxylic acids is 1. The highest BCUT2D eigenvalue weighted by Gasteiger charge is 2.06. The first kappa shape index (κ1) is 13.5. The van der Waals surface area contributed by atoms with E-state index in [0.29, 0.717) is 6.42 Å². The van der Waals surface area contributed by atoms with E-state index in [1.54, 1.807) is 12.2 Å². The maximum atomic E-state index is 11.1. The van der Waals surface area contributed by atoms with Crippen LogP contribution in [0.25, 0.3) is 0 Å². The number of aliphatic hydroxyl groups excluding tert-OH is 1. The van der Waals surface area contributed by atoms with Crippen LogP contribution in [-0.4, -0.2) is 17.0 Å². The molecule has 15 heavy (non-hydrogen) atoms. The minimum atomic E-state index is -0.885. The van der Waals surface area contributed by atoms with Crippen LogP contribution in [0.1, 0.15) is 33.1 Å². The number of Topliss-reactive ketones (excluding diaryl/α,β-unsaturated/α-hetero) is 1. The predicted octanol–water partition coefficient (Wildman–Crippen LogP) is 1.69. The average molecular weight is 204 g/mol. The minimum Gasteiger partial charge on any atom is -0.380 e. The Morgan fingerprint density at radius 2 is 2.20 bits per heavy atom. The van der Waals surface area contributed by atoms with Crippen LogP contribution >= 0.6 is 0 Å². The molecule has 0 heterocycles. The first-order valence-corrected chi connectivity index (χ1v) is 5.02. The first-order valence-electron chi connectivity index (χ1n) is 5.02. The second-order valence-corrected chi connectivity index (χ2v) is 3.05. The molecule has 0 saturated heterocycles. The topological polar surface area (TPSA) is 37.3 Å². The Hall–Kier alpha value is -1.51. The molecule has 0 aromatic heterocycles. The fourth-order valence-electron chi connectivity index (χ4n) is 0.928. The monoisotopic (exact) mass is 204 g/mol. The van der Waals surface area contributed by atoms with Crippen LogP contribution in [0.2, 0.25) is 0 Å². The van der Waals surface area contributed by atoms with E-state index in [0.717, 1.165) is 6.42 Å². The zero-order chi connectivity index (χ0) is 11.5. The van der Waals surface area contributed by atoms with Gasteiger partial charge in [0.2, 0.25) is 0 Å². The van der Waals surface area contributed by atoms with Gasteiger partial charge >= 0.3 is 0 Å². The van der Waals surface area contributed by atoms with Gasteiger partial charge in [-0.25, -0.2) is 0 Å². The average Bonchev–Trinajstić information content (AvgIpc) is 2.17. The molecule has 0 radical (unpaired) electrons. The Morgan fingerprint density at radius 3 is 2.80 bits per heavy atom. The third kappa shape index (κ3) is 8.81. The molecule has 0 saturated carbocycles. The van der Waals surface area contributed by atoms with Crippen molar-refractivity contribution in [2.75, 3.05) is 0 Å². The largest absolute Gasteiger partial charge is 0.380 e. The minimum absolute atomic E-state index is 0.0423. The van der Waals surface area contributed by atoms with Gasteiger partial charge in [-0.1, -0.05) is 24.8 Å². The summed E-state index contributed by atoms with van der Waals surface area (Å²) in [5.41, 5.74) is 0. The second kappa shape index (κ2) is 9.06. The molecule has 0 aliphatic carbocycles. The standard InChI is InChI=1S/C13H16O2/c1-3-5-6-7-8-10-13(15)11-12(14)9-4-2/h3,5,13,15H,4,9,11H2,1-2H3. The number of hydrogen-bond donors (Lipinski definition) is 1. The lowest BCUT2D eigenvalue weighted by molar-refractivity contribution is -0.120. The van der Waals surface area contributed by atoms with Crippen molar-refractivity contribution >= 4 is 5.78 Å². The number of aliphatic hydroxyl groups is 1. The summed E-state index contributed by atoms with van der Waals surface area (Å²) in [5, 5.41) is 9.32. The number of ketones is 1. The van der Waals surface area contributed by atoms with Gasteiger partial charge in [-0.15, -0.1) is 0 Å². The predicted molar refractivity (Wildman–Crippen MR) is 60.9 cm³/mol. The van der Waals surface area contributed by atoms with Crippen molar-refractivity contribution in [3.8, 4) is 23.7 Å². The zero-order valence-corrected chi connectivity index (χ0v) is 9.21. The fraction of sp³-hybridized carbons (Fsp3) is 0.462. The molecule has 0 aromatic rings. The third-order valence-corrected chi connectivity index (χ3v) is 1.57. The number of carbonyl (C=O) groups is 1. The van der Waals surface area contributed by atoms with E-state index in [-0.39, 0.29) is 12.2 Å². The first-order chi connectivity index (χ1) is 7.20. The van der Waals surface area contributed by atoms with Crippen LogP contribution in [0, 0.1) is 23.7 Å². The summed E-state index contributed by atoms with van der Waals surface area (Å²) < 4.78 is 0. The summed E-state index contributed by atoms with van der Waals surface area (Å²) in [7, 11) is 0. The summed E-state index contributed by atoms with van der Waals surface area (Å²) in [6, 6.07) is 0. The van der Waals surface area contributed by atoms with Crippen molar-refractivity contribution in [3.05, 3.63) is 12.2 Å². The fourth-order valence-corrected chi connectivity index (χ4v) is 0.928. The molecule has 1 N–H and O–H groups in total. The van der Waals surface area contributed by atoms with Gasteiger partial charge in [-0.05, 0) is 31.3 Å². The number of allylic oxidation sites excluding steroid dienone is 2. The molecular formula is C13H16O2. The molecule has 80 valence electrons. The summed E-state index contributed by atoms with van der Waals surface area (Å²) in [4.78, 5) is 11.1. The van der Waals surface area contributed by atoms with Gasteiger partial charge in [0.15, 0.2) is 0 Å². The van der Waals surface area contributed by atoms with E-state index in [1.807, 2.05) is 13.8 Å². The summed E-state index contributed by atoms with van der Waals surface area (Å²) in [6.45, 7) is 3.79. The van der Waals surface area contributed by atoms with Crippen molar-refractivity contribution in [1.82, 2.24) is 0 Å². The Morgan fingerprint density at radius 1 is 1.47 bits per heavy atom. The summed E-state index contributed by atoms with van der Waals surface area (Å²) in [5.74, 6) is 10.3. The molecule has 2 heteroatoms. The normalized spacial score (nSPS) is 11.1. The van der Waals surface area contributed by atoms with E-state index in [2.05, 4.69) is 23.7 Å². The van der Waals surface area contributed by atoms with Gasteiger partial charge in [0.05, 0.1) is 0 Å². The van der Waals surface area contributed by atoms with E-state index in [4.69, 9.17) is 0 Å². The highest BCUT2D eigenvalue weighted by Crippen LogP contribution is 1.97. The van der Waals surface area contributed by atoms with Crippen LogP contribution in [0.5, 0.6) is 0 Å². The number of rotatable bonds is 4. The molecule has 0 amide bonds. The third-order valence-electron chi connectivity index (χ3n) is 1.57. The molecule has 0 spiro atoms. The lowest BCUT2D eigenvalue weighted by Crippen LogP contribution is -2.10. The highest BCUT2D eigenvalue weighted by atomic mass is 16.3. The van der Waals surface area contributed by atoms with Crippen molar-refractivity contribution in [3.63, 3.8) is 0 Å². The molecule has 1 unspecified atom stereocenters. The van der Waals surface area contributed by atoms with Crippen molar-refractivity contribution in [2.24, 2.45) is 0 Å². The quantitative estimate of drug-likeness (QED) is 0.707. The van der Waals surface area contributed by atoms with Crippen molar-refractivity contribution in [1.29, 1.82) is 0 Å². The molecule has 0 bridgehead atoms. The second-order valence-electron chi connectivity index (χ2n) is 3.05. The lowest BCUT2D eigenvalue weighted by atomic mass is 10.1. The van der Waals surface area contributed by atoms with E-state index < -0.39 is 6.10 Å². The number of hydrogen-bond acceptors (Lipinski definition) is 2. The SMILES string of the molecule is CC=CC#CC#CC(O)CC(=O)CCC. The molecule has 0 rings (SSSR count).